The van der Waals surface area contributed by atoms with Gasteiger partial charge in [-0.15, -0.1) is 23.7 Å². The molecule has 0 spiro atoms. The molecule has 0 saturated carbocycles. The highest BCUT2D eigenvalue weighted by Gasteiger charge is 2.13. The Bertz CT molecular complexity index is 495. The Hall–Kier alpha value is -1.01. The SMILES string of the molecule is CCCCC#CCCOC(CCC(=O)OCCCCCCBr)OCCC#CCCCC. The van der Waals surface area contributed by atoms with Crippen molar-refractivity contribution < 1.29 is 19.0 Å². The highest BCUT2D eigenvalue weighted by Crippen LogP contribution is 2.08. The molecule has 0 rings (SSSR count). The van der Waals surface area contributed by atoms with Gasteiger partial charge in [-0.25, -0.2) is 0 Å². The Morgan fingerprint density at radius 2 is 1.29 bits per heavy atom. The molecule has 0 bridgehead atoms. The standard InChI is InChI=1S/C26H43BrO4/c1-3-5-7-9-12-17-23-30-26(31-24-18-13-10-8-6-4-2)20-19-25(28)29-22-16-14-11-15-21-27/h26H,3-8,11,14-24H2,1-2H3. The lowest BCUT2D eigenvalue weighted by atomic mass is 10.2. The Kier molecular flexibility index (Phi) is 24.4. The van der Waals surface area contributed by atoms with E-state index < -0.39 is 6.29 Å². The normalized spacial score (nSPS) is 10.3. The molecule has 0 heterocycles. The topological polar surface area (TPSA) is 44.8 Å². The summed E-state index contributed by atoms with van der Waals surface area (Å²) in [6.45, 7) is 5.84. The second-order valence-electron chi connectivity index (χ2n) is 7.45. The Morgan fingerprint density at radius 3 is 1.84 bits per heavy atom. The lowest BCUT2D eigenvalue weighted by Crippen LogP contribution is -2.20. The third kappa shape index (κ3) is 23.5. The highest BCUT2D eigenvalue weighted by atomic mass is 79.9. The molecule has 0 fully saturated rings. The van der Waals surface area contributed by atoms with E-state index in [1.165, 1.54) is 0 Å². The molecule has 0 atom stereocenters. The molecule has 0 radical (unpaired) electrons. The molecule has 0 N–H and O–H groups in total. The minimum atomic E-state index is -0.415. The number of rotatable bonds is 19. The van der Waals surface area contributed by atoms with Crippen molar-refractivity contribution in [1.29, 1.82) is 0 Å². The fraction of sp³-hybridized carbons (Fsp3) is 0.808. The first-order chi connectivity index (χ1) is 15.2. The summed E-state index contributed by atoms with van der Waals surface area (Å²) in [7, 11) is 0. The largest absolute Gasteiger partial charge is 0.466 e. The van der Waals surface area contributed by atoms with Crippen LogP contribution in [0.15, 0.2) is 0 Å². The van der Waals surface area contributed by atoms with Gasteiger partial charge in [0.05, 0.1) is 26.2 Å². The zero-order valence-electron chi connectivity index (χ0n) is 19.8. The van der Waals surface area contributed by atoms with Crippen molar-refractivity contribution in [2.75, 3.05) is 25.2 Å². The van der Waals surface area contributed by atoms with E-state index >= 15 is 0 Å². The van der Waals surface area contributed by atoms with Crippen molar-refractivity contribution in [1.82, 2.24) is 0 Å². The summed E-state index contributed by atoms with van der Waals surface area (Å²) in [5.74, 6) is 12.4. The van der Waals surface area contributed by atoms with Crippen molar-refractivity contribution in [2.24, 2.45) is 0 Å². The van der Waals surface area contributed by atoms with E-state index in [0.717, 1.165) is 69.5 Å². The van der Waals surface area contributed by atoms with Gasteiger partial charge in [-0.3, -0.25) is 4.79 Å². The first-order valence-electron chi connectivity index (χ1n) is 12.1. The molecule has 31 heavy (non-hydrogen) atoms. The number of halogens is 1. The highest BCUT2D eigenvalue weighted by molar-refractivity contribution is 9.09. The van der Waals surface area contributed by atoms with Crippen LogP contribution in [0.2, 0.25) is 0 Å². The van der Waals surface area contributed by atoms with E-state index in [2.05, 4.69) is 53.5 Å². The van der Waals surface area contributed by atoms with Crippen LogP contribution in [0.1, 0.15) is 104 Å². The Labute approximate surface area is 199 Å². The minimum Gasteiger partial charge on any atom is -0.466 e. The quantitative estimate of drug-likeness (QED) is 0.0645. The molecule has 0 unspecified atom stereocenters. The molecular weight excluding hydrogens is 456 g/mol. The number of carbonyl (C=O) groups excluding carboxylic acids is 1. The summed E-state index contributed by atoms with van der Waals surface area (Å²) in [6, 6.07) is 0. The smallest absolute Gasteiger partial charge is 0.305 e. The Morgan fingerprint density at radius 1 is 0.742 bits per heavy atom. The molecule has 0 aromatic rings. The zero-order valence-corrected chi connectivity index (χ0v) is 21.4. The van der Waals surface area contributed by atoms with Crippen LogP contribution in [0.4, 0.5) is 0 Å². The van der Waals surface area contributed by atoms with Crippen LogP contribution < -0.4 is 0 Å². The molecule has 0 saturated heterocycles. The minimum absolute atomic E-state index is 0.184. The van der Waals surface area contributed by atoms with E-state index in [9.17, 15) is 4.79 Å². The average molecular weight is 500 g/mol. The maximum Gasteiger partial charge on any atom is 0.305 e. The van der Waals surface area contributed by atoms with Gasteiger partial charge in [0.2, 0.25) is 0 Å². The molecular formula is C26H43BrO4. The van der Waals surface area contributed by atoms with Gasteiger partial charge < -0.3 is 14.2 Å². The second-order valence-corrected chi connectivity index (χ2v) is 8.24. The number of ether oxygens (including phenoxy) is 3. The summed E-state index contributed by atoms with van der Waals surface area (Å²) in [6.07, 6.45) is 12.6. The van der Waals surface area contributed by atoms with Gasteiger partial charge in [0.25, 0.3) is 0 Å². The molecule has 0 aromatic heterocycles. The maximum absolute atomic E-state index is 12.0. The van der Waals surface area contributed by atoms with Gasteiger partial charge in [-0.1, -0.05) is 55.5 Å². The van der Waals surface area contributed by atoms with Crippen LogP contribution in [0.25, 0.3) is 0 Å². The lowest BCUT2D eigenvalue weighted by Gasteiger charge is -2.17. The third-order valence-corrected chi connectivity index (χ3v) is 5.06. The van der Waals surface area contributed by atoms with Crippen LogP contribution >= 0.6 is 15.9 Å². The monoisotopic (exact) mass is 498 g/mol. The maximum atomic E-state index is 12.0. The van der Waals surface area contributed by atoms with E-state index in [4.69, 9.17) is 14.2 Å². The van der Waals surface area contributed by atoms with Crippen LogP contribution in [0.5, 0.6) is 0 Å². The number of unbranched alkanes of at least 4 members (excludes halogenated alkanes) is 7. The molecule has 178 valence electrons. The molecule has 4 nitrogen and oxygen atoms in total. The number of alkyl halides is 1. The van der Waals surface area contributed by atoms with Gasteiger partial charge in [0, 0.05) is 37.4 Å². The van der Waals surface area contributed by atoms with Crippen LogP contribution in [0, 0.1) is 23.7 Å². The predicted octanol–water partition coefficient (Wildman–Crippen LogP) is 6.79. The summed E-state index contributed by atoms with van der Waals surface area (Å²) < 4.78 is 17.0. The number of carbonyl (C=O) groups is 1. The molecule has 0 aliphatic rings. The number of hydrogen-bond donors (Lipinski definition) is 0. The van der Waals surface area contributed by atoms with E-state index in [1.807, 2.05) is 0 Å². The summed E-state index contributed by atoms with van der Waals surface area (Å²) in [4.78, 5) is 12.0. The fourth-order valence-electron chi connectivity index (χ4n) is 2.63. The van der Waals surface area contributed by atoms with Crippen LogP contribution in [-0.2, 0) is 19.0 Å². The average Bonchev–Trinajstić information content (AvgIpc) is 2.77. The van der Waals surface area contributed by atoms with E-state index in [1.54, 1.807) is 0 Å². The van der Waals surface area contributed by atoms with Gasteiger partial charge in [0.15, 0.2) is 6.29 Å². The van der Waals surface area contributed by atoms with Crippen molar-refractivity contribution >= 4 is 21.9 Å². The predicted molar refractivity (Wildman–Crippen MR) is 132 cm³/mol. The van der Waals surface area contributed by atoms with Crippen molar-refractivity contribution in [2.45, 2.75) is 110 Å². The van der Waals surface area contributed by atoms with E-state index in [-0.39, 0.29) is 5.97 Å². The summed E-state index contributed by atoms with van der Waals surface area (Å²) in [5.41, 5.74) is 0. The summed E-state index contributed by atoms with van der Waals surface area (Å²) >= 11 is 3.42. The lowest BCUT2D eigenvalue weighted by molar-refractivity contribution is -0.157. The van der Waals surface area contributed by atoms with Crippen molar-refractivity contribution in [3.63, 3.8) is 0 Å². The first-order valence-corrected chi connectivity index (χ1v) is 13.2. The number of esters is 1. The fourth-order valence-corrected chi connectivity index (χ4v) is 3.02. The molecule has 0 aromatic carbocycles. The van der Waals surface area contributed by atoms with Crippen LogP contribution in [0.3, 0.4) is 0 Å². The van der Waals surface area contributed by atoms with Crippen LogP contribution in [-0.4, -0.2) is 37.4 Å². The number of hydrogen-bond acceptors (Lipinski definition) is 4. The molecule has 0 aliphatic carbocycles. The third-order valence-electron chi connectivity index (χ3n) is 4.50. The van der Waals surface area contributed by atoms with Gasteiger partial charge in [-0.05, 0) is 25.7 Å². The summed E-state index contributed by atoms with van der Waals surface area (Å²) in [5, 5.41) is 1.03. The first kappa shape index (κ1) is 30.0. The van der Waals surface area contributed by atoms with Gasteiger partial charge in [-0.2, -0.15) is 0 Å². The Balaban J connectivity index is 4.17. The zero-order chi connectivity index (χ0) is 22.8. The molecule has 0 aliphatic heterocycles. The van der Waals surface area contributed by atoms with Gasteiger partial charge in [0.1, 0.15) is 0 Å². The molecule has 5 heteroatoms. The second kappa shape index (κ2) is 25.3. The van der Waals surface area contributed by atoms with Gasteiger partial charge >= 0.3 is 5.97 Å². The molecule has 0 amide bonds. The van der Waals surface area contributed by atoms with E-state index in [0.29, 0.717) is 45.5 Å². The van der Waals surface area contributed by atoms with Crippen molar-refractivity contribution in [3.8, 4) is 23.7 Å². The van der Waals surface area contributed by atoms with Crippen molar-refractivity contribution in [3.05, 3.63) is 0 Å².